The van der Waals surface area contributed by atoms with Crippen LogP contribution in [0.4, 0.5) is 5.69 Å². The maximum atomic E-state index is 12.8. The Hall–Kier alpha value is -2.77. The number of carbonyl (C=O) groups is 1. The fourth-order valence-corrected chi connectivity index (χ4v) is 3.75. The summed E-state index contributed by atoms with van der Waals surface area (Å²) in [5.41, 5.74) is 2.81. The van der Waals surface area contributed by atoms with Crippen molar-refractivity contribution >= 4 is 35.0 Å². The van der Waals surface area contributed by atoms with Gasteiger partial charge in [-0.05, 0) is 30.3 Å². The minimum absolute atomic E-state index is 0.242. The Bertz CT molecular complexity index is 1000. The van der Waals surface area contributed by atoms with Gasteiger partial charge in [-0.15, -0.1) is 23.4 Å². The van der Waals surface area contributed by atoms with Crippen molar-refractivity contribution < 1.29 is 14.3 Å². The maximum Gasteiger partial charge on any atom is 0.258 e. The van der Waals surface area contributed by atoms with Gasteiger partial charge in [0.05, 0.1) is 31.4 Å². The third kappa shape index (κ3) is 5.40. The van der Waals surface area contributed by atoms with Gasteiger partial charge in [-0.1, -0.05) is 6.07 Å². The Kier molecular flexibility index (Phi) is 7.32. The Morgan fingerprint density at radius 1 is 1.10 bits per heavy atom. The molecule has 1 aromatic carbocycles. The van der Waals surface area contributed by atoms with Crippen LogP contribution in [0.25, 0.3) is 0 Å². The van der Waals surface area contributed by atoms with Gasteiger partial charge >= 0.3 is 0 Å². The number of anilines is 1. The number of hydrogen-bond acceptors (Lipinski definition) is 6. The van der Waals surface area contributed by atoms with Crippen molar-refractivity contribution in [3.05, 3.63) is 71.7 Å². The summed E-state index contributed by atoms with van der Waals surface area (Å²) < 4.78 is 10.7. The number of rotatable bonds is 8. The van der Waals surface area contributed by atoms with Crippen molar-refractivity contribution in [2.24, 2.45) is 0 Å². The molecule has 1 N–H and O–H groups in total. The summed E-state index contributed by atoms with van der Waals surface area (Å²) in [6, 6.07) is 12.6. The maximum absolute atomic E-state index is 12.8. The van der Waals surface area contributed by atoms with E-state index in [2.05, 4.69) is 15.3 Å². The van der Waals surface area contributed by atoms with Crippen molar-refractivity contribution in [3.8, 4) is 11.5 Å². The second-order valence-electron chi connectivity index (χ2n) is 5.95. The lowest BCUT2D eigenvalue weighted by atomic mass is 10.2. The Balaban J connectivity index is 1.76. The van der Waals surface area contributed by atoms with Crippen LogP contribution in [0.3, 0.4) is 0 Å². The molecule has 0 saturated carbocycles. The SMILES string of the molecule is COc1ccc(CSc2ncccc2C(=O)Nc2ccnc(CCl)c2)c(OC)c1. The first kappa shape index (κ1) is 21.0. The molecular weight excluding hydrogens is 410 g/mol. The Morgan fingerprint density at radius 3 is 2.72 bits per heavy atom. The molecule has 3 aromatic rings. The predicted molar refractivity (Wildman–Crippen MR) is 115 cm³/mol. The highest BCUT2D eigenvalue weighted by molar-refractivity contribution is 7.98. The molecule has 0 saturated heterocycles. The fourth-order valence-electron chi connectivity index (χ4n) is 2.62. The van der Waals surface area contributed by atoms with Crippen molar-refractivity contribution in [2.75, 3.05) is 19.5 Å². The first-order chi connectivity index (χ1) is 14.1. The highest BCUT2D eigenvalue weighted by Crippen LogP contribution is 2.31. The summed E-state index contributed by atoms with van der Waals surface area (Å²) in [4.78, 5) is 21.3. The number of carbonyl (C=O) groups excluding carboxylic acids is 1. The zero-order valence-electron chi connectivity index (χ0n) is 16.0. The van der Waals surface area contributed by atoms with Crippen LogP contribution in [-0.2, 0) is 11.6 Å². The number of nitrogens with one attached hydrogen (secondary N) is 1. The highest BCUT2D eigenvalue weighted by atomic mass is 35.5. The second kappa shape index (κ2) is 10.1. The average Bonchev–Trinajstić information content (AvgIpc) is 2.77. The van der Waals surface area contributed by atoms with E-state index in [0.717, 1.165) is 17.1 Å². The number of amides is 1. The minimum atomic E-state index is -0.242. The lowest BCUT2D eigenvalue weighted by Crippen LogP contribution is -2.14. The molecule has 0 atom stereocenters. The van der Waals surface area contributed by atoms with Crippen LogP contribution in [0.15, 0.2) is 59.9 Å². The lowest BCUT2D eigenvalue weighted by molar-refractivity contribution is 0.102. The number of benzene rings is 1. The van der Waals surface area contributed by atoms with E-state index >= 15 is 0 Å². The number of aromatic nitrogens is 2. The fraction of sp³-hybridized carbons (Fsp3) is 0.190. The number of halogens is 1. The molecule has 29 heavy (non-hydrogen) atoms. The molecule has 8 heteroatoms. The van der Waals surface area contributed by atoms with E-state index in [4.69, 9.17) is 21.1 Å². The molecule has 2 heterocycles. The average molecular weight is 430 g/mol. The summed E-state index contributed by atoms with van der Waals surface area (Å²) in [7, 11) is 3.23. The van der Waals surface area contributed by atoms with Gasteiger partial charge in [0.2, 0.25) is 0 Å². The molecule has 0 fully saturated rings. The van der Waals surface area contributed by atoms with Gasteiger partial charge in [-0.3, -0.25) is 9.78 Å². The number of ether oxygens (including phenoxy) is 2. The number of pyridine rings is 2. The van der Waals surface area contributed by atoms with Crippen molar-refractivity contribution in [1.82, 2.24) is 9.97 Å². The van der Waals surface area contributed by atoms with E-state index in [1.54, 1.807) is 50.9 Å². The Morgan fingerprint density at radius 2 is 1.97 bits per heavy atom. The highest BCUT2D eigenvalue weighted by Gasteiger charge is 2.15. The number of methoxy groups -OCH3 is 2. The summed E-state index contributed by atoms with van der Waals surface area (Å²) in [6.07, 6.45) is 3.28. The van der Waals surface area contributed by atoms with E-state index in [-0.39, 0.29) is 11.8 Å². The monoisotopic (exact) mass is 429 g/mol. The van der Waals surface area contributed by atoms with Crippen LogP contribution in [0.5, 0.6) is 11.5 Å². The minimum Gasteiger partial charge on any atom is -0.497 e. The van der Waals surface area contributed by atoms with E-state index in [1.165, 1.54) is 11.8 Å². The molecule has 2 aromatic heterocycles. The van der Waals surface area contributed by atoms with Gasteiger partial charge in [0.1, 0.15) is 16.5 Å². The summed E-state index contributed by atoms with van der Waals surface area (Å²) in [6.45, 7) is 0. The molecule has 0 radical (unpaired) electrons. The zero-order valence-corrected chi connectivity index (χ0v) is 17.6. The smallest absolute Gasteiger partial charge is 0.258 e. The molecule has 6 nitrogen and oxygen atoms in total. The van der Waals surface area contributed by atoms with Crippen LogP contribution >= 0.6 is 23.4 Å². The summed E-state index contributed by atoms with van der Waals surface area (Å²) in [5.74, 6) is 2.08. The summed E-state index contributed by atoms with van der Waals surface area (Å²) in [5, 5.41) is 3.51. The second-order valence-corrected chi connectivity index (χ2v) is 7.18. The number of hydrogen-bond donors (Lipinski definition) is 1. The molecule has 3 rings (SSSR count). The van der Waals surface area contributed by atoms with Gasteiger partial charge < -0.3 is 14.8 Å². The van der Waals surface area contributed by atoms with E-state index in [0.29, 0.717) is 27.7 Å². The van der Waals surface area contributed by atoms with Crippen LogP contribution in [0.2, 0.25) is 0 Å². The molecular formula is C21H20ClN3O3S. The number of nitrogens with zero attached hydrogens (tertiary/aromatic N) is 2. The molecule has 0 aliphatic heterocycles. The van der Waals surface area contributed by atoms with Gasteiger partial charge in [-0.2, -0.15) is 0 Å². The quantitative estimate of drug-likeness (QED) is 0.410. The predicted octanol–water partition coefficient (Wildman–Crippen LogP) is 4.78. The standard InChI is InChI=1S/C21H20ClN3O3S/c1-27-17-6-5-14(19(11-17)28-2)13-29-21-18(4-3-8-24-21)20(26)25-15-7-9-23-16(10-15)12-22/h3-11H,12-13H2,1-2H3,(H,23,25,26). The van der Waals surface area contributed by atoms with Crippen LogP contribution in [-0.4, -0.2) is 30.1 Å². The zero-order chi connectivity index (χ0) is 20.6. The van der Waals surface area contributed by atoms with Gasteiger partial charge in [0.25, 0.3) is 5.91 Å². The van der Waals surface area contributed by atoms with Crippen molar-refractivity contribution in [1.29, 1.82) is 0 Å². The topological polar surface area (TPSA) is 73.3 Å². The number of alkyl halides is 1. The lowest BCUT2D eigenvalue weighted by Gasteiger charge is -2.12. The molecule has 0 bridgehead atoms. The molecule has 0 unspecified atom stereocenters. The molecule has 0 spiro atoms. The molecule has 150 valence electrons. The normalized spacial score (nSPS) is 10.4. The Labute approximate surface area is 178 Å². The largest absolute Gasteiger partial charge is 0.497 e. The van der Waals surface area contributed by atoms with Crippen molar-refractivity contribution in [3.63, 3.8) is 0 Å². The van der Waals surface area contributed by atoms with Gasteiger partial charge in [0.15, 0.2) is 0 Å². The van der Waals surface area contributed by atoms with Crippen LogP contribution in [0, 0.1) is 0 Å². The van der Waals surface area contributed by atoms with Gasteiger partial charge in [0, 0.05) is 35.5 Å². The molecule has 0 aliphatic rings. The number of thioether (sulfide) groups is 1. The van der Waals surface area contributed by atoms with Crippen LogP contribution in [0.1, 0.15) is 21.6 Å². The van der Waals surface area contributed by atoms with E-state index in [9.17, 15) is 4.79 Å². The molecule has 1 amide bonds. The molecule has 0 aliphatic carbocycles. The van der Waals surface area contributed by atoms with E-state index in [1.807, 2.05) is 18.2 Å². The van der Waals surface area contributed by atoms with Crippen LogP contribution < -0.4 is 14.8 Å². The first-order valence-electron chi connectivity index (χ1n) is 8.75. The summed E-state index contributed by atoms with van der Waals surface area (Å²) >= 11 is 7.28. The third-order valence-electron chi connectivity index (χ3n) is 4.09. The van der Waals surface area contributed by atoms with Gasteiger partial charge in [-0.25, -0.2) is 4.98 Å². The first-order valence-corrected chi connectivity index (χ1v) is 10.3. The van der Waals surface area contributed by atoms with E-state index < -0.39 is 0 Å². The third-order valence-corrected chi connectivity index (χ3v) is 5.41. The van der Waals surface area contributed by atoms with Crippen molar-refractivity contribution in [2.45, 2.75) is 16.7 Å².